The quantitative estimate of drug-likeness (QED) is 0.755. The maximum absolute atomic E-state index is 4.48. The Kier molecular flexibility index (Phi) is 4.29. The third-order valence-corrected chi connectivity index (χ3v) is 3.13. The van der Waals surface area contributed by atoms with Gasteiger partial charge in [-0.1, -0.05) is 19.1 Å². The molecule has 3 heteroatoms. The molecule has 0 saturated heterocycles. The van der Waals surface area contributed by atoms with Crippen LogP contribution >= 0.6 is 11.3 Å². The molecule has 78 valence electrons. The molecule has 1 heterocycles. The highest BCUT2D eigenvalue weighted by Crippen LogP contribution is 2.22. The van der Waals surface area contributed by atoms with Gasteiger partial charge in [0.2, 0.25) is 0 Å². The van der Waals surface area contributed by atoms with Gasteiger partial charge in [0.25, 0.3) is 0 Å². The molecule has 0 aliphatic carbocycles. The van der Waals surface area contributed by atoms with Crippen molar-refractivity contribution in [3.8, 4) is 0 Å². The topological polar surface area (TPSA) is 24.9 Å². The lowest BCUT2D eigenvalue weighted by Crippen LogP contribution is -2.17. The molecule has 0 aliphatic heterocycles. The van der Waals surface area contributed by atoms with Gasteiger partial charge in [0, 0.05) is 5.38 Å². The van der Waals surface area contributed by atoms with E-state index in [-0.39, 0.29) is 0 Å². The lowest BCUT2D eigenvalue weighted by atomic mass is 10.0. The molecule has 0 radical (unpaired) electrons. The van der Waals surface area contributed by atoms with E-state index >= 15 is 0 Å². The Morgan fingerprint density at radius 2 is 2.43 bits per heavy atom. The van der Waals surface area contributed by atoms with Gasteiger partial charge < -0.3 is 5.32 Å². The summed E-state index contributed by atoms with van der Waals surface area (Å²) in [6.45, 7) is 8.21. The lowest BCUT2D eigenvalue weighted by molar-refractivity contribution is 0.569. The first kappa shape index (κ1) is 11.4. The minimum Gasteiger partial charge on any atom is -0.311 e. The van der Waals surface area contributed by atoms with Crippen molar-refractivity contribution in [1.29, 1.82) is 0 Å². The molecule has 1 atom stereocenters. The van der Waals surface area contributed by atoms with Crippen molar-refractivity contribution in [3.63, 3.8) is 0 Å². The normalized spacial score (nSPS) is 12.8. The smallest absolute Gasteiger partial charge is 0.0898 e. The van der Waals surface area contributed by atoms with E-state index in [4.69, 9.17) is 0 Å². The predicted octanol–water partition coefficient (Wildman–Crippen LogP) is 3.07. The Labute approximate surface area is 90.1 Å². The maximum Gasteiger partial charge on any atom is 0.0898 e. The third-order valence-electron chi connectivity index (χ3n) is 2.34. The first-order chi connectivity index (χ1) is 6.67. The summed E-state index contributed by atoms with van der Waals surface area (Å²) < 4.78 is 0. The third kappa shape index (κ3) is 2.93. The predicted molar refractivity (Wildman–Crippen MR) is 62.7 cm³/mol. The van der Waals surface area contributed by atoms with Crippen molar-refractivity contribution < 1.29 is 0 Å². The van der Waals surface area contributed by atoms with Crippen LogP contribution < -0.4 is 5.32 Å². The molecule has 1 unspecified atom stereocenters. The molecule has 1 N–H and O–H groups in total. The van der Waals surface area contributed by atoms with E-state index in [0.29, 0.717) is 6.04 Å². The Bertz CT molecular complexity index is 304. The highest BCUT2D eigenvalue weighted by molar-refractivity contribution is 7.09. The van der Waals surface area contributed by atoms with Gasteiger partial charge in [-0.15, -0.1) is 11.3 Å². The van der Waals surface area contributed by atoms with Gasteiger partial charge in [-0.3, -0.25) is 0 Å². The van der Waals surface area contributed by atoms with Crippen molar-refractivity contribution in [2.75, 3.05) is 7.05 Å². The number of thiazole rings is 1. The Hall–Kier alpha value is -0.670. The average Bonchev–Trinajstić information content (AvgIpc) is 2.60. The molecule has 1 rings (SSSR count). The van der Waals surface area contributed by atoms with Crippen LogP contribution in [0.15, 0.2) is 17.5 Å². The monoisotopic (exact) mass is 210 g/mol. The fraction of sp³-hybridized carbons (Fsp3) is 0.545. The number of nitrogens with one attached hydrogen (secondary N) is 1. The van der Waals surface area contributed by atoms with Crippen molar-refractivity contribution in [2.45, 2.75) is 32.7 Å². The fourth-order valence-corrected chi connectivity index (χ4v) is 1.99. The molecule has 1 aromatic heterocycles. The maximum atomic E-state index is 4.48. The van der Waals surface area contributed by atoms with E-state index in [1.807, 2.05) is 14.0 Å². The van der Waals surface area contributed by atoms with Gasteiger partial charge in [-0.2, -0.15) is 0 Å². The summed E-state index contributed by atoms with van der Waals surface area (Å²) in [6, 6.07) is 0.326. The second-order valence-corrected chi connectivity index (χ2v) is 4.50. The standard InChI is InChI=1S/C11H18N2S/c1-5-8(2)6-10(12-4)11-7-14-9(3)13-11/h7,10,12H,2,5-6H2,1,3-4H3. The van der Waals surface area contributed by atoms with Crippen molar-refractivity contribution in [3.05, 3.63) is 28.2 Å². The summed E-state index contributed by atoms with van der Waals surface area (Å²) in [5, 5.41) is 6.53. The van der Waals surface area contributed by atoms with Gasteiger partial charge in [0.05, 0.1) is 16.7 Å². The first-order valence-electron chi connectivity index (χ1n) is 4.93. The summed E-state index contributed by atoms with van der Waals surface area (Å²) in [5.74, 6) is 0. The molecule has 14 heavy (non-hydrogen) atoms. The van der Waals surface area contributed by atoms with Crippen LogP contribution in [0.3, 0.4) is 0 Å². The van der Waals surface area contributed by atoms with Crippen LogP contribution in [0.1, 0.15) is 36.5 Å². The van der Waals surface area contributed by atoms with Crippen LogP contribution in [0, 0.1) is 6.92 Å². The zero-order chi connectivity index (χ0) is 10.6. The molecule has 0 amide bonds. The molecular formula is C11H18N2S. The molecule has 0 fully saturated rings. The lowest BCUT2D eigenvalue weighted by Gasteiger charge is -2.14. The van der Waals surface area contributed by atoms with Crippen LogP contribution in [0.5, 0.6) is 0 Å². The van der Waals surface area contributed by atoms with Gasteiger partial charge in [-0.05, 0) is 26.8 Å². The zero-order valence-corrected chi connectivity index (χ0v) is 9.95. The molecular weight excluding hydrogens is 192 g/mol. The van der Waals surface area contributed by atoms with E-state index in [1.165, 1.54) is 5.57 Å². The number of hydrogen-bond donors (Lipinski definition) is 1. The Balaban J connectivity index is 2.67. The second kappa shape index (κ2) is 5.27. The minimum absolute atomic E-state index is 0.326. The SMILES string of the molecule is C=C(CC)CC(NC)c1csc(C)n1. The summed E-state index contributed by atoms with van der Waals surface area (Å²) in [4.78, 5) is 4.48. The second-order valence-electron chi connectivity index (χ2n) is 3.44. The van der Waals surface area contributed by atoms with Gasteiger partial charge in [0.1, 0.15) is 0 Å². The fourth-order valence-electron chi connectivity index (χ4n) is 1.33. The minimum atomic E-state index is 0.326. The Morgan fingerprint density at radius 1 is 1.71 bits per heavy atom. The molecule has 0 aliphatic rings. The number of nitrogens with zero attached hydrogens (tertiary/aromatic N) is 1. The van der Waals surface area contributed by atoms with Crippen molar-refractivity contribution in [2.24, 2.45) is 0 Å². The Morgan fingerprint density at radius 3 is 2.86 bits per heavy atom. The number of aryl methyl sites for hydroxylation is 1. The highest BCUT2D eigenvalue weighted by Gasteiger charge is 2.12. The number of rotatable bonds is 5. The van der Waals surface area contributed by atoms with E-state index in [2.05, 4.69) is 29.2 Å². The van der Waals surface area contributed by atoms with Crippen LogP contribution in [-0.4, -0.2) is 12.0 Å². The molecule has 2 nitrogen and oxygen atoms in total. The summed E-state index contributed by atoms with van der Waals surface area (Å²) in [6.07, 6.45) is 2.03. The van der Waals surface area contributed by atoms with Gasteiger partial charge in [-0.25, -0.2) is 4.98 Å². The van der Waals surface area contributed by atoms with Crippen molar-refractivity contribution >= 4 is 11.3 Å². The van der Waals surface area contributed by atoms with Crippen LogP contribution in [0.2, 0.25) is 0 Å². The largest absolute Gasteiger partial charge is 0.311 e. The number of aromatic nitrogens is 1. The summed E-state index contributed by atoms with van der Waals surface area (Å²) in [5.41, 5.74) is 2.42. The highest BCUT2D eigenvalue weighted by atomic mass is 32.1. The molecule has 0 spiro atoms. The van der Waals surface area contributed by atoms with Crippen LogP contribution in [-0.2, 0) is 0 Å². The zero-order valence-electron chi connectivity index (χ0n) is 9.13. The molecule has 1 aromatic rings. The van der Waals surface area contributed by atoms with Gasteiger partial charge in [0.15, 0.2) is 0 Å². The van der Waals surface area contributed by atoms with E-state index in [0.717, 1.165) is 23.5 Å². The summed E-state index contributed by atoms with van der Waals surface area (Å²) >= 11 is 1.70. The van der Waals surface area contributed by atoms with Crippen LogP contribution in [0.25, 0.3) is 0 Å². The van der Waals surface area contributed by atoms with Crippen LogP contribution in [0.4, 0.5) is 0 Å². The van der Waals surface area contributed by atoms with E-state index < -0.39 is 0 Å². The van der Waals surface area contributed by atoms with Gasteiger partial charge >= 0.3 is 0 Å². The average molecular weight is 210 g/mol. The van der Waals surface area contributed by atoms with E-state index in [9.17, 15) is 0 Å². The van der Waals surface area contributed by atoms with E-state index in [1.54, 1.807) is 11.3 Å². The summed E-state index contributed by atoms with van der Waals surface area (Å²) in [7, 11) is 1.97. The molecule has 0 aromatic carbocycles. The van der Waals surface area contributed by atoms with Crippen molar-refractivity contribution in [1.82, 2.24) is 10.3 Å². The first-order valence-corrected chi connectivity index (χ1v) is 5.81. The molecule has 0 bridgehead atoms. The molecule has 0 saturated carbocycles. The number of hydrogen-bond acceptors (Lipinski definition) is 3.